The van der Waals surface area contributed by atoms with Crippen LogP contribution in [0, 0.1) is 0 Å². The number of carbonyl (C=O) groups is 2. The van der Waals surface area contributed by atoms with E-state index in [1.807, 2.05) is 13.0 Å². The van der Waals surface area contributed by atoms with Crippen LogP contribution in [0.1, 0.15) is 89.2 Å². The summed E-state index contributed by atoms with van der Waals surface area (Å²) in [5, 5.41) is 2.83. The molecule has 32 heavy (non-hydrogen) atoms. The molecule has 0 heterocycles. The van der Waals surface area contributed by atoms with Gasteiger partial charge in [0.1, 0.15) is 5.75 Å². The topological polar surface area (TPSA) is 79.2 Å². The zero-order valence-electron chi connectivity index (χ0n) is 20.5. The zero-order chi connectivity index (χ0) is 24.1. The van der Waals surface area contributed by atoms with Gasteiger partial charge in [0.05, 0.1) is 0 Å². The van der Waals surface area contributed by atoms with E-state index in [2.05, 4.69) is 59.0 Å². The van der Waals surface area contributed by atoms with Gasteiger partial charge in [0.25, 0.3) is 11.8 Å². The zero-order valence-corrected chi connectivity index (χ0v) is 20.5. The SMILES string of the molecule is CCC(Oc1ccc(C(C)(C)CC)cc1C(C)(C)CC)C(=O)Nc1cccc(C([NH])=O)c1. The molecule has 0 fully saturated rings. The van der Waals surface area contributed by atoms with Crippen molar-refractivity contribution in [3.63, 3.8) is 0 Å². The summed E-state index contributed by atoms with van der Waals surface area (Å²) in [6, 6.07) is 12.7. The van der Waals surface area contributed by atoms with Crippen LogP contribution in [0.4, 0.5) is 5.69 Å². The largest absolute Gasteiger partial charge is 0.480 e. The molecule has 0 bridgehead atoms. The Morgan fingerprint density at radius 3 is 2.19 bits per heavy atom. The first kappa shape index (κ1) is 25.4. The Morgan fingerprint density at radius 2 is 1.62 bits per heavy atom. The summed E-state index contributed by atoms with van der Waals surface area (Å²) in [6.07, 6.45) is 1.79. The average molecular weight is 438 g/mol. The molecule has 2 N–H and O–H groups in total. The van der Waals surface area contributed by atoms with E-state index in [9.17, 15) is 9.59 Å². The van der Waals surface area contributed by atoms with Crippen molar-refractivity contribution in [2.45, 2.75) is 84.7 Å². The van der Waals surface area contributed by atoms with E-state index in [1.54, 1.807) is 18.2 Å². The summed E-state index contributed by atoms with van der Waals surface area (Å²) in [5.74, 6) is -0.337. The van der Waals surface area contributed by atoms with Crippen molar-refractivity contribution in [1.82, 2.24) is 5.73 Å². The average Bonchev–Trinajstić information content (AvgIpc) is 2.77. The molecule has 0 saturated heterocycles. The number of amides is 2. The maximum Gasteiger partial charge on any atom is 0.269 e. The number of hydrogen-bond donors (Lipinski definition) is 1. The van der Waals surface area contributed by atoms with Crippen LogP contribution in [0.5, 0.6) is 5.75 Å². The third kappa shape index (κ3) is 5.90. The Morgan fingerprint density at radius 1 is 0.969 bits per heavy atom. The molecule has 0 saturated carbocycles. The Hall–Kier alpha value is -2.82. The van der Waals surface area contributed by atoms with Crippen LogP contribution in [-0.2, 0) is 15.6 Å². The van der Waals surface area contributed by atoms with E-state index in [0.717, 1.165) is 24.2 Å². The third-order valence-corrected chi connectivity index (χ3v) is 6.58. The first-order valence-electron chi connectivity index (χ1n) is 11.4. The van der Waals surface area contributed by atoms with Crippen LogP contribution >= 0.6 is 0 Å². The Bertz CT molecular complexity index is 963. The molecule has 2 amide bonds. The highest BCUT2D eigenvalue weighted by atomic mass is 16.5. The maximum absolute atomic E-state index is 13.0. The summed E-state index contributed by atoms with van der Waals surface area (Å²) in [4.78, 5) is 24.3. The maximum atomic E-state index is 13.0. The lowest BCUT2D eigenvalue weighted by molar-refractivity contribution is -0.122. The first-order chi connectivity index (χ1) is 14.9. The van der Waals surface area contributed by atoms with Gasteiger partial charge in [-0.25, -0.2) is 0 Å². The third-order valence-electron chi connectivity index (χ3n) is 6.58. The molecule has 0 aromatic heterocycles. The highest BCUT2D eigenvalue weighted by Crippen LogP contribution is 2.39. The molecular weight excluding hydrogens is 400 g/mol. The van der Waals surface area contributed by atoms with Crippen molar-refractivity contribution in [3.05, 3.63) is 59.2 Å². The lowest BCUT2D eigenvalue weighted by Crippen LogP contribution is -2.33. The van der Waals surface area contributed by atoms with Crippen molar-refractivity contribution in [2.24, 2.45) is 0 Å². The molecule has 0 aliphatic rings. The number of ether oxygens (including phenoxy) is 1. The quantitative estimate of drug-likeness (QED) is 0.475. The van der Waals surface area contributed by atoms with E-state index in [1.165, 1.54) is 11.6 Å². The molecule has 2 aromatic rings. The number of nitrogens with one attached hydrogen (secondary N) is 2. The van der Waals surface area contributed by atoms with Gasteiger partial charge in [0.15, 0.2) is 6.10 Å². The van der Waals surface area contributed by atoms with Gasteiger partial charge in [-0.1, -0.05) is 66.7 Å². The summed E-state index contributed by atoms with van der Waals surface area (Å²) in [5.41, 5.74) is 10.3. The molecular formula is C27H37N2O3. The molecule has 1 atom stereocenters. The van der Waals surface area contributed by atoms with Crippen molar-refractivity contribution in [1.29, 1.82) is 0 Å². The van der Waals surface area contributed by atoms with Crippen LogP contribution in [-0.4, -0.2) is 17.9 Å². The van der Waals surface area contributed by atoms with E-state index >= 15 is 0 Å². The van der Waals surface area contributed by atoms with Gasteiger partial charge in [-0.2, -0.15) is 0 Å². The van der Waals surface area contributed by atoms with Crippen LogP contribution in [0.2, 0.25) is 0 Å². The minimum Gasteiger partial charge on any atom is -0.480 e. The van der Waals surface area contributed by atoms with Gasteiger partial charge in [0, 0.05) is 16.8 Å². The number of hydrogen-bond acceptors (Lipinski definition) is 3. The van der Waals surface area contributed by atoms with Gasteiger partial charge in [0.2, 0.25) is 0 Å². The minimum absolute atomic E-state index is 0.0545. The normalized spacial score (nSPS) is 12.8. The molecule has 5 nitrogen and oxygen atoms in total. The summed E-state index contributed by atoms with van der Waals surface area (Å²) in [6.45, 7) is 15.1. The number of anilines is 1. The highest BCUT2D eigenvalue weighted by Gasteiger charge is 2.28. The molecule has 5 heteroatoms. The molecule has 2 aromatic carbocycles. The minimum atomic E-state index is -0.786. The lowest BCUT2D eigenvalue weighted by atomic mass is 9.76. The second-order valence-electron chi connectivity index (χ2n) is 9.60. The number of benzene rings is 2. The van der Waals surface area contributed by atoms with Gasteiger partial charge in [-0.3, -0.25) is 15.3 Å². The van der Waals surface area contributed by atoms with E-state index < -0.39 is 12.0 Å². The standard InChI is InChI=1S/C27H37N2O3/c1-8-22(25(31)29-20-13-11-12-18(16-20)24(28)30)32-23-15-14-19(26(4,5)9-2)17-21(23)27(6,7)10-3/h11-17,22,28H,8-10H2,1-7H3,(H,29,31). The van der Waals surface area contributed by atoms with Crippen molar-refractivity contribution in [3.8, 4) is 5.75 Å². The monoisotopic (exact) mass is 437 g/mol. The second kappa shape index (κ2) is 10.2. The molecule has 173 valence electrons. The Kier molecular flexibility index (Phi) is 8.11. The summed E-state index contributed by atoms with van der Waals surface area (Å²) < 4.78 is 6.28. The van der Waals surface area contributed by atoms with Gasteiger partial charge in [-0.05, 0) is 59.9 Å². The van der Waals surface area contributed by atoms with E-state index in [-0.39, 0.29) is 22.3 Å². The van der Waals surface area contributed by atoms with Crippen LogP contribution in [0.25, 0.3) is 0 Å². The fraction of sp³-hybridized carbons (Fsp3) is 0.481. The second-order valence-corrected chi connectivity index (χ2v) is 9.60. The predicted molar refractivity (Wildman–Crippen MR) is 130 cm³/mol. The molecule has 0 spiro atoms. The Balaban J connectivity index is 2.34. The molecule has 0 aliphatic carbocycles. The van der Waals surface area contributed by atoms with Crippen molar-refractivity contribution < 1.29 is 14.3 Å². The molecule has 2 rings (SSSR count). The fourth-order valence-electron chi connectivity index (χ4n) is 3.41. The van der Waals surface area contributed by atoms with Crippen LogP contribution < -0.4 is 15.8 Å². The molecule has 0 aliphatic heterocycles. The lowest BCUT2D eigenvalue weighted by Gasteiger charge is -2.31. The summed E-state index contributed by atoms with van der Waals surface area (Å²) in [7, 11) is 0. The molecule has 1 radical (unpaired) electrons. The van der Waals surface area contributed by atoms with Crippen LogP contribution in [0.3, 0.4) is 0 Å². The van der Waals surface area contributed by atoms with Gasteiger partial charge < -0.3 is 10.1 Å². The Labute approximate surface area is 192 Å². The number of carbonyl (C=O) groups excluding carboxylic acids is 2. The van der Waals surface area contributed by atoms with E-state index in [0.29, 0.717) is 12.1 Å². The highest BCUT2D eigenvalue weighted by molar-refractivity contribution is 5.97. The first-order valence-corrected chi connectivity index (χ1v) is 11.4. The smallest absolute Gasteiger partial charge is 0.269 e. The van der Waals surface area contributed by atoms with Crippen molar-refractivity contribution >= 4 is 17.5 Å². The van der Waals surface area contributed by atoms with E-state index in [4.69, 9.17) is 10.5 Å². The predicted octanol–water partition coefficient (Wildman–Crippen LogP) is 6.28. The van der Waals surface area contributed by atoms with Gasteiger partial charge >= 0.3 is 0 Å². The summed E-state index contributed by atoms with van der Waals surface area (Å²) >= 11 is 0. The molecule has 1 unspecified atom stereocenters. The fourth-order valence-corrected chi connectivity index (χ4v) is 3.41. The van der Waals surface area contributed by atoms with Crippen molar-refractivity contribution in [2.75, 3.05) is 5.32 Å². The number of rotatable bonds is 10. The van der Waals surface area contributed by atoms with Gasteiger partial charge in [-0.15, -0.1) is 0 Å². The van der Waals surface area contributed by atoms with Crippen LogP contribution in [0.15, 0.2) is 42.5 Å².